The number of fused-ring (bicyclic) bond motifs is 2. The van der Waals surface area contributed by atoms with E-state index in [1.807, 2.05) is 66.9 Å². The number of ether oxygens (including phenoxy) is 1. The Kier molecular flexibility index (Phi) is 8.11. The molecule has 0 bridgehead atoms. The molecule has 2 aliphatic heterocycles. The highest BCUT2D eigenvalue weighted by molar-refractivity contribution is 7.98. The maximum absolute atomic E-state index is 14.5. The number of anilines is 2. The number of halogens is 1. The van der Waals surface area contributed by atoms with Crippen molar-refractivity contribution in [3.63, 3.8) is 0 Å². The minimum Gasteiger partial charge on any atom is -0.445 e. The van der Waals surface area contributed by atoms with Gasteiger partial charge in [-0.25, -0.2) is 19.2 Å². The van der Waals surface area contributed by atoms with E-state index in [-0.39, 0.29) is 24.9 Å². The highest BCUT2D eigenvalue weighted by Gasteiger charge is 2.34. The summed E-state index contributed by atoms with van der Waals surface area (Å²) in [7, 11) is 0. The molecule has 1 saturated heterocycles. The smallest absolute Gasteiger partial charge is 0.410 e. The van der Waals surface area contributed by atoms with Gasteiger partial charge in [-0.1, -0.05) is 66.4 Å². The number of nitrogens with zero attached hydrogens (tertiary/aromatic N) is 6. The lowest BCUT2D eigenvalue weighted by Gasteiger charge is -2.42. The van der Waals surface area contributed by atoms with Gasteiger partial charge in [0.05, 0.1) is 30.8 Å². The van der Waals surface area contributed by atoms with Crippen molar-refractivity contribution in [1.29, 1.82) is 5.26 Å². The monoisotopic (exact) mass is 582 g/mol. The maximum Gasteiger partial charge on any atom is 0.410 e. The first kappa shape index (κ1) is 27.8. The molecule has 42 heavy (non-hydrogen) atoms. The quantitative estimate of drug-likeness (QED) is 0.209. The molecule has 1 fully saturated rings. The summed E-state index contributed by atoms with van der Waals surface area (Å²) in [5.41, 5.74) is 3.94. The van der Waals surface area contributed by atoms with Crippen molar-refractivity contribution in [3.8, 4) is 6.07 Å². The number of thioether (sulfide) groups is 1. The predicted molar refractivity (Wildman–Crippen MR) is 162 cm³/mol. The van der Waals surface area contributed by atoms with Gasteiger partial charge in [0, 0.05) is 48.2 Å². The van der Waals surface area contributed by atoms with Gasteiger partial charge in [0.15, 0.2) is 5.16 Å². The number of aromatic nitrogens is 2. The van der Waals surface area contributed by atoms with Crippen LogP contribution in [0.2, 0.25) is 0 Å². The van der Waals surface area contributed by atoms with Gasteiger partial charge >= 0.3 is 6.09 Å². The number of hydrogen-bond acceptors (Lipinski definition) is 8. The van der Waals surface area contributed by atoms with Crippen LogP contribution in [0.4, 0.5) is 20.7 Å². The van der Waals surface area contributed by atoms with Crippen LogP contribution < -0.4 is 9.80 Å². The van der Waals surface area contributed by atoms with E-state index in [1.54, 1.807) is 4.90 Å². The fourth-order valence-corrected chi connectivity index (χ4v) is 6.22. The number of carbonyl (C=O) groups is 1. The number of piperazine rings is 1. The van der Waals surface area contributed by atoms with Crippen molar-refractivity contribution < 1.29 is 13.9 Å². The fraction of sp³-hybridized carbons (Fsp3) is 0.312. The number of rotatable bonds is 6. The molecule has 0 saturated carbocycles. The minimum atomic E-state index is -0.407. The Morgan fingerprint density at radius 1 is 1.02 bits per heavy atom. The molecule has 0 spiro atoms. The van der Waals surface area contributed by atoms with Gasteiger partial charge in [-0.05, 0) is 30.4 Å². The first-order valence-electron chi connectivity index (χ1n) is 14.0. The topological polar surface area (TPSA) is 85.6 Å². The lowest BCUT2D eigenvalue weighted by molar-refractivity contribution is 0.0767. The van der Waals surface area contributed by atoms with Crippen molar-refractivity contribution >= 4 is 40.1 Å². The lowest BCUT2D eigenvalue weighted by atomic mass is 10.0. The maximum atomic E-state index is 14.5. The van der Waals surface area contributed by atoms with Gasteiger partial charge in [0.25, 0.3) is 0 Å². The zero-order valence-electron chi connectivity index (χ0n) is 23.4. The second kappa shape index (κ2) is 12.2. The van der Waals surface area contributed by atoms with E-state index < -0.39 is 6.09 Å². The lowest BCUT2D eigenvalue weighted by Crippen LogP contribution is -2.55. The summed E-state index contributed by atoms with van der Waals surface area (Å²) >= 11 is 1.49. The fourth-order valence-electron chi connectivity index (χ4n) is 5.84. The highest BCUT2D eigenvalue weighted by Crippen LogP contribution is 2.35. The molecule has 4 aromatic rings. The molecule has 0 N–H and O–H groups in total. The molecule has 0 aliphatic carbocycles. The van der Waals surface area contributed by atoms with Crippen LogP contribution in [0, 0.1) is 17.1 Å². The van der Waals surface area contributed by atoms with Crippen molar-refractivity contribution in [3.05, 3.63) is 89.4 Å². The molecule has 1 amide bonds. The van der Waals surface area contributed by atoms with Crippen LogP contribution in [-0.2, 0) is 24.3 Å². The largest absolute Gasteiger partial charge is 0.445 e. The summed E-state index contributed by atoms with van der Waals surface area (Å²) in [4.78, 5) is 29.0. The average Bonchev–Trinajstić information content (AvgIpc) is 3.03. The second-order valence-electron chi connectivity index (χ2n) is 10.4. The molecule has 3 aromatic carbocycles. The van der Waals surface area contributed by atoms with Gasteiger partial charge in [0.2, 0.25) is 0 Å². The van der Waals surface area contributed by atoms with E-state index >= 15 is 0 Å². The Morgan fingerprint density at radius 2 is 1.81 bits per heavy atom. The van der Waals surface area contributed by atoms with E-state index in [9.17, 15) is 14.4 Å². The molecule has 3 heterocycles. The number of benzene rings is 3. The van der Waals surface area contributed by atoms with E-state index in [4.69, 9.17) is 14.7 Å². The summed E-state index contributed by atoms with van der Waals surface area (Å²) in [6.07, 6.45) is 2.48. The molecular formula is C32H31FN6O2S. The van der Waals surface area contributed by atoms with Crippen LogP contribution in [0.5, 0.6) is 0 Å². The first-order valence-corrected chi connectivity index (χ1v) is 15.2. The van der Waals surface area contributed by atoms with Gasteiger partial charge < -0.3 is 19.4 Å². The Hall–Kier alpha value is -4.36. The number of hydrogen-bond donors (Lipinski definition) is 0. The van der Waals surface area contributed by atoms with Gasteiger partial charge in [-0.3, -0.25) is 0 Å². The summed E-state index contributed by atoms with van der Waals surface area (Å²) in [5.74, 6) is 0.643. The summed E-state index contributed by atoms with van der Waals surface area (Å²) in [6.45, 7) is 3.01. The predicted octanol–water partition coefficient (Wildman–Crippen LogP) is 5.79. The van der Waals surface area contributed by atoms with Gasteiger partial charge in [0.1, 0.15) is 18.2 Å². The molecule has 1 atom stereocenters. The van der Waals surface area contributed by atoms with Crippen molar-refractivity contribution in [2.45, 2.75) is 37.2 Å². The number of amides is 1. The Labute approximate surface area is 248 Å². The molecule has 10 heteroatoms. The Bertz CT molecular complexity index is 1650. The molecule has 1 aromatic heterocycles. The van der Waals surface area contributed by atoms with E-state index in [2.05, 4.69) is 15.9 Å². The van der Waals surface area contributed by atoms with E-state index in [0.717, 1.165) is 46.7 Å². The Morgan fingerprint density at radius 3 is 2.60 bits per heavy atom. The summed E-state index contributed by atoms with van der Waals surface area (Å²) in [5, 5.41) is 11.8. The highest BCUT2D eigenvalue weighted by atomic mass is 32.2. The molecule has 6 rings (SSSR count). The SMILES string of the molecule is CSc1nc2c(c(N3CCN(C(=O)OCc4ccccc4)C(CC#N)C3)n1)CCN(c1ccc(F)c3ccccc13)C2. The normalized spacial score (nSPS) is 16.7. The van der Waals surface area contributed by atoms with Gasteiger partial charge in [-0.15, -0.1) is 0 Å². The van der Waals surface area contributed by atoms with Crippen molar-refractivity contribution in [2.24, 2.45) is 0 Å². The molecule has 1 unspecified atom stereocenters. The van der Waals surface area contributed by atoms with E-state index in [1.165, 1.54) is 17.8 Å². The van der Waals surface area contributed by atoms with Crippen molar-refractivity contribution in [1.82, 2.24) is 14.9 Å². The average molecular weight is 583 g/mol. The minimum absolute atomic E-state index is 0.190. The third-order valence-electron chi connectivity index (χ3n) is 7.94. The number of nitriles is 1. The van der Waals surface area contributed by atoms with Gasteiger partial charge in [-0.2, -0.15) is 5.26 Å². The Balaban J connectivity index is 1.23. The summed E-state index contributed by atoms with van der Waals surface area (Å²) < 4.78 is 20.1. The standard InChI is InChI=1S/C32H31FN6O2S/c1-42-31-35-28-20-37(29-12-11-27(33)24-9-5-6-10-25(24)29)16-14-26(28)30(36-31)38-17-18-39(23(19-38)13-15-34)32(40)41-21-22-7-3-2-4-8-22/h2-12,23H,13-14,16-21H2,1H3. The van der Waals surface area contributed by atoms with Crippen molar-refractivity contribution in [2.75, 3.05) is 42.2 Å². The molecule has 2 aliphatic rings. The van der Waals surface area contributed by atoms with Crippen LogP contribution in [0.25, 0.3) is 10.8 Å². The molecular weight excluding hydrogens is 551 g/mol. The molecule has 8 nitrogen and oxygen atoms in total. The van der Waals surface area contributed by atoms with Crippen LogP contribution in [0.1, 0.15) is 23.2 Å². The zero-order chi connectivity index (χ0) is 29.1. The summed E-state index contributed by atoms with van der Waals surface area (Å²) in [6, 6.07) is 22.4. The van der Waals surface area contributed by atoms with Crippen LogP contribution in [0.15, 0.2) is 71.9 Å². The van der Waals surface area contributed by atoms with Crippen LogP contribution in [0.3, 0.4) is 0 Å². The van der Waals surface area contributed by atoms with Crippen LogP contribution in [-0.4, -0.2) is 59.4 Å². The second-order valence-corrected chi connectivity index (χ2v) is 11.2. The third kappa shape index (κ3) is 5.57. The van der Waals surface area contributed by atoms with Crippen LogP contribution >= 0.6 is 11.8 Å². The first-order chi connectivity index (χ1) is 20.6. The molecule has 0 radical (unpaired) electrons. The van der Waals surface area contributed by atoms with E-state index in [0.29, 0.717) is 36.7 Å². The number of carbonyl (C=O) groups excluding carboxylic acids is 1. The third-order valence-corrected chi connectivity index (χ3v) is 8.49. The zero-order valence-corrected chi connectivity index (χ0v) is 24.2. The molecule has 214 valence electrons.